The molecule has 1 N–H and O–H groups in total. The SMILES string of the molecule is COc1ccc(CCCCOc2ccc(CSCc3ccc(Cl)cc3Cl)nc2C=CC(=O)O)cc1. The van der Waals surface area contributed by atoms with Crippen molar-refractivity contribution in [3.8, 4) is 11.5 Å². The van der Waals surface area contributed by atoms with E-state index in [0.717, 1.165) is 42.3 Å². The van der Waals surface area contributed by atoms with Crippen LogP contribution in [-0.4, -0.2) is 29.8 Å². The molecule has 1 heterocycles. The van der Waals surface area contributed by atoms with Crippen molar-refractivity contribution in [2.45, 2.75) is 30.8 Å². The molecule has 0 aliphatic carbocycles. The Morgan fingerprint density at radius 2 is 1.86 bits per heavy atom. The summed E-state index contributed by atoms with van der Waals surface area (Å²) in [4.78, 5) is 15.7. The normalized spacial score (nSPS) is 11.1. The van der Waals surface area contributed by atoms with Gasteiger partial charge in [-0.05, 0) is 72.9 Å². The minimum Gasteiger partial charge on any atom is -0.497 e. The zero-order chi connectivity index (χ0) is 25.0. The molecule has 0 amide bonds. The molecule has 0 radical (unpaired) electrons. The summed E-state index contributed by atoms with van der Waals surface area (Å²) in [7, 11) is 1.66. The van der Waals surface area contributed by atoms with Crippen LogP contribution in [0, 0.1) is 0 Å². The van der Waals surface area contributed by atoms with Gasteiger partial charge >= 0.3 is 5.97 Å². The molecule has 1 aromatic heterocycles. The molecule has 0 aliphatic heterocycles. The molecule has 2 aromatic carbocycles. The number of rotatable bonds is 13. The minimum atomic E-state index is -1.03. The van der Waals surface area contributed by atoms with E-state index in [1.807, 2.05) is 36.4 Å². The van der Waals surface area contributed by atoms with Crippen molar-refractivity contribution in [1.29, 1.82) is 0 Å². The van der Waals surface area contributed by atoms with Crippen molar-refractivity contribution < 1.29 is 19.4 Å². The Labute approximate surface area is 220 Å². The molecule has 35 heavy (non-hydrogen) atoms. The van der Waals surface area contributed by atoms with E-state index in [1.165, 1.54) is 11.6 Å². The average Bonchev–Trinajstić information content (AvgIpc) is 2.85. The Morgan fingerprint density at radius 3 is 2.57 bits per heavy atom. The number of nitrogens with zero attached hydrogens (tertiary/aromatic N) is 1. The van der Waals surface area contributed by atoms with Gasteiger partial charge in [0, 0.05) is 27.6 Å². The smallest absolute Gasteiger partial charge is 0.328 e. The van der Waals surface area contributed by atoms with Crippen LogP contribution in [-0.2, 0) is 22.7 Å². The molecule has 5 nitrogen and oxygen atoms in total. The topological polar surface area (TPSA) is 68.7 Å². The first kappa shape index (κ1) is 26.9. The van der Waals surface area contributed by atoms with E-state index in [1.54, 1.807) is 24.9 Å². The number of pyridine rings is 1. The van der Waals surface area contributed by atoms with E-state index in [2.05, 4.69) is 17.1 Å². The second-order valence-corrected chi connectivity index (χ2v) is 9.57. The molecule has 0 bridgehead atoms. The third-order valence-corrected chi connectivity index (χ3v) is 6.73. The second-order valence-electron chi connectivity index (χ2n) is 7.74. The molecule has 0 fully saturated rings. The Bertz CT molecular complexity index is 1150. The van der Waals surface area contributed by atoms with Crippen LogP contribution < -0.4 is 9.47 Å². The van der Waals surface area contributed by atoms with E-state index in [-0.39, 0.29) is 0 Å². The van der Waals surface area contributed by atoms with Gasteiger partial charge in [0.2, 0.25) is 0 Å². The number of carboxylic acids is 1. The Balaban J connectivity index is 1.53. The Kier molecular flexibility index (Phi) is 10.8. The van der Waals surface area contributed by atoms with Crippen LogP contribution in [0.25, 0.3) is 6.08 Å². The average molecular weight is 532 g/mol. The van der Waals surface area contributed by atoms with Crippen molar-refractivity contribution in [2.75, 3.05) is 13.7 Å². The number of unbranched alkanes of at least 4 members (excludes halogenated alkanes) is 1. The van der Waals surface area contributed by atoms with Gasteiger partial charge in [-0.25, -0.2) is 9.78 Å². The predicted octanol–water partition coefficient (Wildman–Crippen LogP) is 7.33. The second kappa shape index (κ2) is 14.0. The number of ether oxygens (including phenoxy) is 2. The highest BCUT2D eigenvalue weighted by Gasteiger charge is 2.08. The molecule has 0 saturated heterocycles. The van der Waals surface area contributed by atoms with Crippen LogP contribution in [0.5, 0.6) is 11.5 Å². The summed E-state index contributed by atoms with van der Waals surface area (Å²) >= 11 is 13.9. The maximum Gasteiger partial charge on any atom is 0.328 e. The fourth-order valence-electron chi connectivity index (χ4n) is 3.29. The van der Waals surface area contributed by atoms with Crippen LogP contribution >= 0.6 is 35.0 Å². The van der Waals surface area contributed by atoms with Gasteiger partial charge in [0.15, 0.2) is 0 Å². The van der Waals surface area contributed by atoms with E-state index in [9.17, 15) is 4.79 Å². The number of aliphatic carboxylic acids is 1. The predicted molar refractivity (Wildman–Crippen MR) is 144 cm³/mol. The van der Waals surface area contributed by atoms with Crippen LogP contribution in [0.4, 0.5) is 0 Å². The lowest BCUT2D eigenvalue weighted by Crippen LogP contribution is -2.02. The summed E-state index contributed by atoms with van der Waals surface area (Å²) in [5.41, 5.74) is 3.59. The maximum atomic E-state index is 11.0. The molecule has 8 heteroatoms. The fourth-order valence-corrected chi connectivity index (χ4v) is 4.78. The fraction of sp³-hybridized carbons (Fsp3) is 0.259. The molecular weight excluding hydrogens is 505 g/mol. The van der Waals surface area contributed by atoms with Gasteiger partial charge in [0.05, 0.1) is 19.4 Å². The molecule has 0 unspecified atom stereocenters. The number of methoxy groups -OCH3 is 1. The van der Waals surface area contributed by atoms with E-state index in [4.69, 9.17) is 37.8 Å². The van der Waals surface area contributed by atoms with Crippen molar-refractivity contribution >= 4 is 47.0 Å². The number of carboxylic acid groups (broad SMARTS) is 1. The Morgan fingerprint density at radius 1 is 1.06 bits per heavy atom. The zero-order valence-corrected chi connectivity index (χ0v) is 21.7. The number of halogens is 2. The van der Waals surface area contributed by atoms with Crippen LogP contribution in [0.1, 0.15) is 35.4 Å². The van der Waals surface area contributed by atoms with Gasteiger partial charge in [-0.1, -0.05) is 41.4 Å². The van der Waals surface area contributed by atoms with Gasteiger partial charge in [-0.15, -0.1) is 0 Å². The first-order valence-corrected chi connectivity index (χ1v) is 13.0. The lowest BCUT2D eigenvalue weighted by Gasteiger charge is -2.11. The number of carbonyl (C=O) groups is 1. The van der Waals surface area contributed by atoms with E-state index >= 15 is 0 Å². The Hall–Kier alpha value is -2.67. The van der Waals surface area contributed by atoms with Gasteiger partial charge < -0.3 is 14.6 Å². The summed E-state index contributed by atoms with van der Waals surface area (Å²) in [5.74, 6) is 1.75. The standard InChI is InChI=1S/C27H27Cl2NO4S/c1-33-23-10-5-19(6-11-23)4-2-3-15-34-26-13-9-22(30-25(26)12-14-27(31)32)18-35-17-20-7-8-21(28)16-24(20)29/h5-14,16H,2-4,15,17-18H2,1H3,(H,31,32). The van der Waals surface area contributed by atoms with Crippen molar-refractivity contribution in [1.82, 2.24) is 4.98 Å². The zero-order valence-electron chi connectivity index (χ0n) is 19.4. The highest BCUT2D eigenvalue weighted by Crippen LogP contribution is 2.27. The number of hydrogen-bond acceptors (Lipinski definition) is 5. The maximum absolute atomic E-state index is 11.0. The number of thioether (sulfide) groups is 1. The van der Waals surface area contributed by atoms with Crippen LogP contribution in [0.15, 0.2) is 60.7 Å². The lowest BCUT2D eigenvalue weighted by atomic mass is 10.1. The summed E-state index contributed by atoms with van der Waals surface area (Å²) in [6.45, 7) is 0.523. The number of benzene rings is 2. The molecule has 0 saturated carbocycles. The van der Waals surface area contributed by atoms with Crippen molar-refractivity contribution in [3.63, 3.8) is 0 Å². The molecule has 3 aromatic rings. The van der Waals surface area contributed by atoms with E-state index < -0.39 is 5.97 Å². The molecule has 184 valence electrons. The first-order chi connectivity index (χ1) is 16.9. The number of aryl methyl sites for hydroxylation is 1. The monoisotopic (exact) mass is 531 g/mol. The molecule has 0 atom stereocenters. The first-order valence-electron chi connectivity index (χ1n) is 11.1. The quantitative estimate of drug-likeness (QED) is 0.184. The highest BCUT2D eigenvalue weighted by molar-refractivity contribution is 7.97. The third-order valence-electron chi connectivity index (χ3n) is 5.13. The van der Waals surface area contributed by atoms with Crippen molar-refractivity contribution in [3.05, 3.63) is 93.2 Å². The highest BCUT2D eigenvalue weighted by atomic mass is 35.5. The van der Waals surface area contributed by atoms with Gasteiger partial charge in [0.1, 0.15) is 17.2 Å². The summed E-state index contributed by atoms with van der Waals surface area (Å²) in [5, 5.41) is 10.3. The summed E-state index contributed by atoms with van der Waals surface area (Å²) in [6, 6.07) is 17.3. The van der Waals surface area contributed by atoms with Crippen LogP contribution in [0.2, 0.25) is 10.0 Å². The van der Waals surface area contributed by atoms with Gasteiger partial charge in [0.25, 0.3) is 0 Å². The molecule has 0 spiro atoms. The summed E-state index contributed by atoms with van der Waals surface area (Å²) in [6.07, 6.45) is 5.34. The third kappa shape index (κ3) is 9.13. The molecule has 0 aliphatic rings. The number of hydrogen-bond donors (Lipinski definition) is 1. The molecule has 3 rings (SSSR count). The van der Waals surface area contributed by atoms with E-state index in [0.29, 0.717) is 39.6 Å². The number of aromatic nitrogens is 1. The van der Waals surface area contributed by atoms with Crippen LogP contribution in [0.3, 0.4) is 0 Å². The summed E-state index contributed by atoms with van der Waals surface area (Å²) < 4.78 is 11.1. The van der Waals surface area contributed by atoms with Gasteiger partial charge in [-0.3, -0.25) is 0 Å². The lowest BCUT2D eigenvalue weighted by molar-refractivity contribution is -0.131. The minimum absolute atomic E-state index is 0.505. The molecular formula is C27H27Cl2NO4S. The largest absolute Gasteiger partial charge is 0.497 e. The van der Waals surface area contributed by atoms with Crippen molar-refractivity contribution in [2.24, 2.45) is 0 Å². The van der Waals surface area contributed by atoms with Gasteiger partial charge in [-0.2, -0.15) is 11.8 Å².